The molecule has 0 amide bonds. The molecule has 0 bridgehead atoms. The van der Waals surface area contributed by atoms with Gasteiger partial charge in [-0.25, -0.2) is 4.98 Å². The van der Waals surface area contributed by atoms with Gasteiger partial charge in [0.1, 0.15) is 5.82 Å². The predicted molar refractivity (Wildman–Crippen MR) is 96.0 cm³/mol. The summed E-state index contributed by atoms with van der Waals surface area (Å²) < 4.78 is 5.04. The minimum absolute atomic E-state index is 0.217. The van der Waals surface area contributed by atoms with Gasteiger partial charge in [-0.1, -0.05) is 0 Å². The highest BCUT2D eigenvalue weighted by molar-refractivity contribution is 7.99. The number of aromatic nitrogens is 1. The van der Waals surface area contributed by atoms with E-state index in [-0.39, 0.29) is 6.61 Å². The normalized spacial score (nSPS) is 10.7. The smallest absolute Gasteiger partial charge is 0.154 e. The van der Waals surface area contributed by atoms with E-state index >= 15 is 0 Å². The van der Waals surface area contributed by atoms with Gasteiger partial charge in [0.15, 0.2) is 5.82 Å². The Bertz CT molecular complexity index is 446. The molecular formula is C15H28N4O2S. The molecule has 126 valence electrons. The third kappa shape index (κ3) is 6.29. The molecule has 7 heteroatoms. The van der Waals surface area contributed by atoms with Crippen LogP contribution in [0.15, 0.2) is 6.07 Å². The number of nitrogens with zero attached hydrogens (tertiary/aromatic N) is 2. The number of nitrogen functional groups attached to an aromatic ring is 1. The lowest BCUT2D eigenvalue weighted by atomic mass is 10.2. The van der Waals surface area contributed by atoms with E-state index in [0.717, 1.165) is 60.5 Å². The van der Waals surface area contributed by atoms with Gasteiger partial charge in [-0.05, 0) is 25.0 Å². The minimum Gasteiger partial charge on any atom is -0.396 e. The molecule has 0 radical (unpaired) electrons. The number of aliphatic hydroxyl groups is 1. The molecule has 0 saturated heterocycles. The van der Waals surface area contributed by atoms with Crippen LogP contribution in [-0.2, 0) is 4.74 Å². The monoisotopic (exact) mass is 328 g/mol. The third-order valence-electron chi connectivity index (χ3n) is 3.24. The zero-order valence-corrected chi connectivity index (χ0v) is 14.6. The molecule has 0 aliphatic rings. The summed E-state index contributed by atoms with van der Waals surface area (Å²) >= 11 is 1.72. The number of nitrogens with two attached hydrogens (primary N) is 1. The standard InChI is InChI=1S/C15H28N4O2S/c1-12-11-13(17-5-4-8-21-3)18-15(14(12)16)19(2)6-9-22-10-7-20/h11,20H,4-10,16H2,1-3H3,(H,17,18). The van der Waals surface area contributed by atoms with E-state index in [2.05, 4.69) is 15.2 Å². The first-order valence-corrected chi connectivity index (χ1v) is 8.65. The van der Waals surface area contributed by atoms with E-state index in [1.165, 1.54) is 0 Å². The summed E-state index contributed by atoms with van der Waals surface area (Å²) in [6.07, 6.45) is 0.935. The second kappa shape index (κ2) is 10.5. The van der Waals surface area contributed by atoms with Crippen LogP contribution in [0.4, 0.5) is 17.3 Å². The van der Waals surface area contributed by atoms with Crippen molar-refractivity contribution in [2.75, 3.05) is 67.9 Å². The zero-order chi connectivity index (χ0) is 16.4. The van der Waals surface area contributed by atoms with Crippen LogP contribution in [0.1, 0.15) is 12.0 Å². The molecule has 0 fully saturated rings. The number of methoxy groups -OCH3 is 1. The number of nitrogens with one attached hydrogen (secondary N) is 1. The Balaban J connectivity index is 2.65. The molecule has 0 atom stereocenters. The van der Waals surface area contributed by atoms with Crippen LogP contribution >= 0.6 is 11.8 Å². The molecular weight excluding hydrogens is 300 g/mol. The first-order chi connectivity index (χ1) is 10.6. The summed E-state index contributed by atoms with van der Waals surface area (Å²) in [5.74, 6) is 3.34. The zero-order valence-electron chi connectivity index (χ0n) is 13.8. The second-order valence-electron chi connectivity index (χ2n) is 5.09. The summed E-state index contributed by atoms with van der Waals surface area (Å²) in [5, 5.41) is 12.1. The Morgan fingerprint density at radius 2 is 2.23 bits per heavy atom. The first-order valence-electron chi connectivity index (χ1n) is 7.49. The van der Waals surface area contributed by atoms with Crippen molar-refractivity contribution in [3.63, 3.8) is 0 Å². The van der Waals surface area contributed by atoms with E-state index in [1.54, 1.807) is 18.9 Å². The number of aryl methyl sites for hydroxylation is 1. The van der Waals surface area contributed by atoms with Crippen LogP contribution in [0.2, 0.25) is 0 Å². The Labute approximate surface area is 137 Å². The van der Waals surface area contributed by atoms with E-state index in [9.17, 15) is 0 Å². The van der Waals surface area contributed by atoms with Gasteiger partial charge in [0.25, 0.3) is 0 Å². The molecule has 0 aromatic carbocycles. The highest BCUT2D eigenvalue weighted by atomic mass is 32.2. The number of thioether (sulfide) groups is 1. The third-order valence-corrected chi connectivity index (χ3v) is 4.19. The van der Waals surface area contributed by atoms with Crippen LogP contribution in [0.3, 0.4) is 0 Å². The molecule has 0 aliphatic heterocycles. The number of hydrogen-bond acceptors (Lipinski definition) is 7. The van der Waals surface area contributed by atoms with Crippen molar-refractivity contribution in [1.82, 2.24) is 4.98 Å². The molecule has 0 saturated carbocycles. The molecule has 1 aromatic heterocycles. The average molecular weight is 328 g/mol. The lowest BCUT2D eigenvalue weighted by Crippen LogP contribution is -2.23. The number of rotatable bonds is 11. The van der Waals surface area contributed by atoms with Gasteiger partial charge in [0.2, 0.25) is 0 Å². The van der Waals surface area contributed by atoms with Crippen LogP contribution in [-0.4, -0.2) is 62.1 Å². The van der Waals surface area contributed by atoms with Crippen molar-refractivity contribution in [1.29, 1.82) is 0 Å². The number of aliphatic hydroxyl groups excluding tert-OH is 1. The average Bonchev–Trinajstić information content (AvgIpc) is 2.51. The summed E-state index contributed by atoms with van der Waals surface area (Å²) in [7, 11) is 3.69. The molecule has 6 nitrogen and oxygen atoms in total. The molecule has 0 spiro atoms. The van der Waals surface area contributed by atoms with Crippen molar-refractivity contribution >= 4 is 29.1 Å². The van der Waals surface area contributed by atoms with Gasteiger partial charge in [0.05, 0.1) is 12.3 Å². The van der Waals surface area contributed by atoms with E-state index < -0.39 is 0 Å². The van der Waals surface area contributed by atoms with Crippen molar-refractivity contribution < 1.29 is 9.84 Å². The van der Waals surface area contributed by atoms with Crippen molar-refractivity contribution in [3.8, 4) is 0 Å². The summed E-state index contributed by atoms with van der Waals surface area (Å²) in [5.41, 5.74) is 7.90. The molecule has 0 aliphatic carbocycles. The van der Waals surface area contributed by atoms with Crippen LogP contribution in [0.5, 0.6) is 0 Å². The largest absolute Gasteiger partial charge is 0.396 e. The van der Waals surface area contributed by atoms with Crippen LogP contribution in [0, 0.1) is 6.92 Å². The fourth-order valence-corrected chi connectivity index (χ4v) is 2.69. The maximum Gasteiger partial charge on any atom is 0.154 e. The maximum atomic E-state index is 8.80. The van der Waals surface area contributed by atoms with E-state index in [1.807, 2.05) is 20.0 Å². The van der Waals surface area contributed by atoms with Crippen LogP contribution in [0.25, 0.3) is 0 Å². The van der Waals surface area contributed by atoms with Gasteiger partial charge in [-0.3, -0.25) is 0 Å². The Morgan fingerprint density at radius 3 is 2.91 bits per heavy atom. The minimum atomic E-state index is 0.217. The van der Waals surface area contributed by atoms with Crippen LogP contribution < -0.4 is 16.0 Å². The van der Waals surface area contributed by atoms with E-state index in [4.69, 9.17) is 15.6 Å². The Hall–Kier alpha value is -1.18. The fraction of sp³-hybridized carbons (Fsp3) is 0.667. The molecule has 4 N–H and O–H groups in total. The van der Waals surface area contributed by atoms with Gasteiger partial charge in [0, 0.05) is 45.4 Å². The number of hydrogen-bond donors (Lipinski definition) is 3. The van der Waals surface area contributed by atoms with Gasteiger partial charge in [-0.15, -0.1) is 0 Å². The summed E-state index contributed by atoms with van der Waals surface area (Å²) in [6.45, 7) is 4.61. The highest BCUT2D eigenvalue weighted by Gasteiger charge is 2.11. The fourth-order valence-electron chi connectivity index (χ4n) is 1.95. The second-order valence-corrected chi connectivity index (χ2v) is 6.32. The number of anilines is 3. The lowest BCUT2D eigenvalue weighted by Gasteiger charge is -2.22. The lowest BCUT2D eigenvalue weighted by molar-refractivity contribution is 0.198. The number of ether oxygens (including phenoxy) is 1. The predicted octanol–water partition coefficient (Wildman–Crippen LogP) is 1.58. The van der Waals surface area contributed by atoms with Gasteiger partial charge < -0.3 is 25.8 Å². The highest BCUT2D eigenvalue weighted by Crippen LogP contribution is 2.26. The van der Waals surface area contributed by atoms with Crippen molar-refractivity contribution in [2.24, 2.45) is 0 Å². The quantitative estimate of drug-likeness (QED) is 0.532. The van der Waals surface area contributed by atoms with Crippen molar-refractivity contribution in [3.05, 3.63) is 11.6 Å². The first kappa shape index (κ1) is 18.9. The molecule has 22 heavy (non-hydrogen) atoms. The van der Waals surface area contributed by atoms with Gasteiger partial charge in [-0.2, -0.15) is 11.8 Å². The van der Waals surface area contributed by atoms with Gasteiger partial charge >= 0.3 is 0 Å². The van der Waals surface area contributed by atoms with Crippen molar-refractivity contribution in [2.45, 2.75) is 13.3 Å². The maximum absolute atomic E-state index is 8.80. The summed E-state index contributed by atoms with van der Waals surface area (Å²) in [4.78, 5) is 6.68. The summed E-state index contributed by atoms with van der Waals surface area (Å²) in [6, 6.07) is 1.97. The SMILES string of the molecule is COCCCNc1cc(C)c(N)c(N(C)CCSCCO)n1. The molecule has 1 aromatic rings. The Morgan fingerprint density at radius 1 is 1.45 bits per heavy atom. The molecule has 1 rings (SSSR count). The Kier molecular flexibility index (Phi) is 9.03. The molecule has 1 heterocycles. The topological polar surface area (TPSA) is 83.6 Å². The number of pyridine rings is 1. The van der Waals surface area contributed by atoms with E-state index in [0.29, 0.717) is 0 Å². The molecule has 0 unspecified atom stereocenters.